The van der Waals surface area contributed by atoms with Crippen LogP contribution in [0.25, 0.3) is 0 Å². The van der Waals surface area contributed by atoms with E-state index in [2.05, 4.69) is 15.0 Å². The van der Waals surface area contributed by atoms with Crippen LogP contribution in [-0.2, 0) is 0 Å². The summed E-state index contributed by atoms with van der Waals surface area (Å²) in [5.41, 5.74) is 5.64. The first kappa shape index (κ1) is 14.1. The fourth-order valence-corrected chi connectivity index (χ4v) is 1.19. The Hall–Kier alpha value is -1.92. The number of alkyl halides is 3. The third-order valence-electron chi connectivity index (χ3n) is 1.88. The molecular weight excluding hydrogens is 247 g/mol. The molecule has 0 bridgehead atoms. The van der Waals surface area contributed by atoms with E-state index in [9.17, 15) is 13.2 Å². The van der Waals surface area contributed by atoms with Crippen molar-refractivity contribution in [2.45, 2.75) is 19.7 Å². The number of nitrogens with zero attached hydrogens (tertiary/aromatic N) is 1. The van der Waals surface area contributed by atoms with Crippen LogP contribution in [0.1, 0.15) is 13.3 Å². The van der Waals surface area contributed by atoms with Crippen molar-refractivity contribution in [2.75, 3.05) is 11.9 Å². The molecule has 0 saturated heterocycles. The van der Waals surface area contributed by atoms with E-state index in [0.29, 0.717) is 6.54 Å². The molecule has 0 aliphatic carbocycles. The predicted octanol–water partition coefficient (Wildman–Crippen LogP) is 2.72. The molecule has 4 nitrogen and oxygen atoms in total. The Morgan fingerprint density at radius 3 is 2.67 bits per heavy atom. The average molecular weight is 261 g/mol. The molecule has 0 fully saturated rings. The summed E-state index contributed by atoms with van der Waals surface area (Å²) in [6, 6.07) is 5.63. The van der Waals surface area contributed by atoms with E-state index in [1.165, 1.54) is 18.2 Å². The van der Waals surface area contributed by atoms with Gasteiger partial charge in [0.25, 0.3) is 0 Å². The Balaban J connectivity index is 2.82. The largest absolute Gasteiger partial charge is 0.573 e. The topological polar surface area (TPSA) is 59.6 Å². The molecule has 0 spiro atoms. The van der Waals surface area contributed by atoms with E-state index in [1.807, 2.05) is 6.92 Å². The average Bonchev–Trinajstić information content (AvgIpc) is 2.27. The number of ether oxygens (including phenoxy) is 1. The van der Waals surface area contributed by atoms with Gasteiger partial charge in [0, 0.05) is 6.54 Å². The number of para-hydroxylation sites is 2. The van der Waals surface area contributed by atoms with Crippen LogP contribution in [0, 0.1) is 0 Å². The Morgan fingerprint density at radius 1 is 1.39 bits per heavy atom. The Kier molecular flexibility index (Phi) is 4.82. The molecule has 1 rings (SSSR count). The molecule has 0 aliphatic heterocycles. The zero-order chi connectivity index (χ0) is 13.6. The van der Waals surface area contributed by atoms with E-state index in [1.54, 1.807) is 6.07 Å². The van der Waals surface area contributed by atoms with Crippen molar-refractivity contribution in [1.82, 2.24) is 0 Å². The number of rotatable bonds is 4. The fourth-order valence-electron chi connectivity index (χ4n) is 1.19. The highest BCUT2D eigenvalue weighted by Crippen LogP contribution is 2.29. The smallest absolute Gasteiger partial charge is 0.404 e. The quantitative estimate of drug-likeness (QED) is 0.647. The van der Waals surface area contributed by atoms with Gasteiger partial charge in [0.2, 0.25) is 0 Å². The minimum Gasteiger partial charge on any atom is -0.404 e. The highest BCUT2D eigenvalue weighted by molar-refractivity contribution is 5.93. The van der Waals surface area contributed by atoms with Crippen molar-refractivity contribution in [3.8, 4) is 5.75 Å². The van der Waals surface area contributed by atoms with E-state index in [4.69, 9.17) is 5.73 Å². The maximum Gasteiger partial charge on any atom is 0.573 e. The van der Waals surface area contributed by atoms with Crippen molar-refractivity contribution in [2.24, 2.45) is 10.7 Å². The third kappa shape index (κ3) is 4.94. The number of guanidine groups is 1. The lowest BCUT2D eigenvalue weighted by molar-refractivity contribution is -0.274. The number of anilines is 1. The van der Waals surface area contributed by atoms with Crippen molar-refractivity contribution >= 4 is 11.6 Å². The molecule has 0 aliphatic rings. The predicted molar refractivity (Wildman–Crippen MR) is 63.5 cm³/mol. The van der Waals surface area contributed by atoms with Gasteiger partial charge >= 0.3 is 6.36 Å². The fraction of sp³-hybridized carbons (Fsp3) is 0.364. The van der Waals surface area contributed by atoms with Crippen molar-refractivity contribution in [3.05, 3.63) is 24.3 Å². The normalized spacial score (nSPS) is 12.3. The highest BCUT2D eigenvalue weighted by atomic mass is 19.4. The summed E-state index contributed by atoms with van der Waals surface area (Å²) in [6.45, 7) is 2.42. The van der Waals surface area contributed by atoms with Crippen LogP contribution in [0.2, 0.25) is 0 Å². The Morgan fingerprint density at radius 2 is 2.06 bits per heavy atom. The van der Waals surface area contributed by atoms with Crippen LogP contribution in [-0.4, -0.2) is 18.9 Å². The number of halogens is 3. The van der Waals surface area contributed by atoms with Crippen molar-refractivity contribution in [3.63, 3.8) is 0 Å². The second kappa shape index (κ2) is 6.13. The first-order valence-electron chi connectivity index (χ1n) is 5.34. The van der Waals surface area contributed by atoms with Gasteiger partial charge < -0.3 is 15.8 Å². The van der Waals surface area contributed by atoms with Crippen LogP contribution >= 0.6 is 0 Å². The van der Waals surface area contributed by atoms with Crippen LogP contribution < -0.4 is 15.8 Å². The number of nitrogens with one attached hydrogen (secondary N) is 1. The second-order valence-electron chi connectivity index (χ2n) is 3.44. The highest BCUT2D eigenvalue weighted by Gasteiger charge is 2.32. The lowest BCUT2D eigenvalue weighted by atomic mass is 10.3. The molecule has 0 amide bonds. The van der Waals surface area contributed by atoms with E-state index >= 15 is 0 Å². The summed E-state index contributed by atoms with van der Waals surface area (Å²) in [7, 11) is 0. The molecule has 0 saturated carbocycles. The molecule has 18 heavy (non-hydrogen) atoms. The van der Waals surface area contributed by atoms with Gasteiger partial charge in [0.15, 0.2) is 11.7 Å². The van der Waals surface area contributed by atoms with Crippen LogP contribution in [0.3, 0.4) is 0 Å². The molecule has 0 atom stereocenters. The molecule has 0 unspecified atom stereocenters. The monoisotopic (exact) mass is 261 g/mol. The standard InChI is InChI=1S/C11H14F3N3O/c1-2-7-16-10(15)17-8-5-3-4-6-9(8)18-11(12,13)14/h3-6H,2,7H2,1H3,(H3,15,16,17). The number of benzene rings is 1. The molecular formula is C11H14F3N3O. The van der Waals surface area contributed by atoms with Crippen LogP contribution in [0.15, 0.2) is 29.3 Å². The first-order chi connectivity index (χ1) is 8.42. The minimum absolute atomic E-state index is 0.0510. The lowest BCUT2D eigenvalue weighted by Crippen LogP contribution is -2.24. The van der Waals surface area contributed by atoms with Gasteiger partial charge in [-0.1, -0.05) is 19.1 Å². The van der Waals surface area contributed by atoms with Gasteiger partial charge in [-0.2, -0.15) is 0 Å². The molecule has 1 aromatic carbocycles. The third-order valence-corrected chi connectivity index (χ3v) is 1.88. The number of nitrogens with two attached hydrogens (primary N) is 1. The van der Waals surface area contributed by atoms with E-state index < -0.39 is 6.36 Å². The summed E-state index contributed by atoms with van der Waals surface area (Å²) >= 11 is 0. The van der Waals surface area contributed by atoms with Crippen LogP contribution in [0.4, 0.5) is 18.9 Å². The zero-order valence-corrected chi connectivity index (χ0v) is 9.79. The van der Waals surface area contributed by atoms with Gasteiger partial charge in [-0.05, 0) is 18.6 Å². The van der Waals surface area contributed by atoms with Gasteiger partial charge in [-0.15, -0.1) is 13.2 Å². The van der Waals surface area contributed by atoms with Crippen molar-refractivity contribution in [1.29, 1.82) is 0 Å². The second-order valence-corrected chi connectivity index (χ2v) is 3.44. The zero-order valence-electron chi connectivity index (χ0n) is 9.79. The maximum absolute atomic E-state index is 12.1. The van der Waals surface area contributed by atoms with E-state index in [0.717, 1.165) is 6.42 Å². The van der Waals surface area contributed by atoms with Gasteiger partial charge in [0.1, 0.15) is 0 Å². The molecule has 0 radical (unpaired) electrons. The van der Waals surface area contributed by atoms with Gasteiger partial charge in [-0.25, -0.2) is 0 Å². The van der Waals surface area contributed by atoms with Crippen LogP contribution in [0.5, 0.6) is 5.75 Å². The summed E-state index contributed by atoms with van der Waals surface area (Å²) < 4.78 is 40.3. The number of hydrogen-bond acceptors (Lipinski definition) is 2. The minimum atomic E-state index is -4.74. The summed E-state index contributed by atoms with van der Waals surface area (Å²) in [6.07, 6.45) is -3.95. The number of hydrogen-bond donors (Lipinski definition) is 2. The Bertz CT molecular complexity index is 418. The maximum atomic E-state index is 12.1. The van der Waals surface area contributed by atoms with Crippen molar-refractivity contribution < 1.29 is 17.9 Å². The molecule has 0 aromatic heterocycles. The summed E-state index contributed by atoms with van der Waals surface area (Å²) in [5.74, 6) is -0.297. The molecule has 1 aromatic rings. The molecule has 7 heteroatoms. The lowest BCUT2D eigenvalue weighted by Gasteiger charge is -2.13. The van der Waals surface area contributed by atoms with E-state index in [-0.39, 0.29) is 17.4 Å². The molecule has 3 N–H and O–H groups in total. The SMILES string of the molecule is CCCN=C(N)Nc1ccccc1OC(F)(F)F. The summed E-state index contributed by atoms with van der Waals surface area (Å²) in [5, 5.41) is 2.57. The summed E-state index contributed by atoms with van der Waals surface area (Å²) in [4.78, 5) is 3.92. The number of aliphatic imine (C=N–C) groups is 1. The molecule has 100 valence electrons. The molecule has 0 heterocycles. The first-order valence-corrected chi connectivity index (χ1v) is 5.34. The van der Waals surface area contributed by atoms with Gasteiger partial charge in [-0.3, -0.25) is 4.99 Å². The van der Waals surface area contributed by atoms with Gasteiger partial charge in [0.05, 0.1) is 5.69 Å². The Labute approximate surface area is 103 Å².